The van der Waals surface area contributed by atoms with Gasteiger partial charge in [-0.3, -0.25) is 10.1 Å². The largest absolute Gasteiger partial charge is 0.444 e. The number of oxazole rings is 1. The highest BCUT2D eigenvalue weighted by Crippen LogP contribution is 2.26. The lowest BCUT2D eigenvalue weighted by atomic mass is 10.1. The van der Waals surface area contributed by atoms with Crippen LogP contribution in [0.2, 0.25) is 0 Å². The summed E-state index contributed by atoms with van der Waals surface area (Å²) in [5, 5.41) is 14.0. The van der Waals surface area contributed by atoms with E-state index in [1.807, 2.05) is 6.92 Å². The van der Waals surface area contributed by atoms with Crippen LogP contribution < -0.4 is 5.32 Å². The van der Waals surface area contributed by atoms with Crippen molar-refractivity contribution in [3.63, 3.8) is 0 Å². The zero-order valence-electron chi connectivity index (χ0n) is 12.0. The molecule has 0 fully saturated rings. The molecule has 7 heteroatoms. The molecule has 0 saturated heterocycles. The Labute approximate surface area is 122 Å². The predicted molar refractivity (Wildman–Crippen MR) is 76.9 cm³/mol. The topological polar surface area (TPSA) is 90.4 Å². The smallest absolute Gasteiger partial charge is 0.270 e. The third-order valence-corrected chi connectivity index (χ3v) is 3.00. The number of nitrogens with zero attached hydrogens (tertiary/aromatic N) is 2. The SMILES string of the molecule is COCCNCc1coc(-c2cc([N+](=O)[O-])ccc2C)n1. The van der Waals surface area contributed by atoms with E-state index in [0.29, 0.717) is 31.2 Å². The number of nitrogens with one attached hydrogen (secondary N) is 1. The van der Waals surface area contributed by atoms with E-state index in [2.05, 4.69) is 10.3 Å². The zero-order chi connectivity index (χ0) is 15.2. The van der Waals surface area contributed by atoms with E-state index < -0.39 is 4.92 Å². The number of aromatic nitrogens is 1. The molecule has 21 heavy (non-hydrogen) atoms. The van der Waals surface area contributed by atoms with E-state index in [0.717, 1.165) is 11.3 Å². The van der Waals surface area contributed by atoms with Crippen LogP contribution in [0.4, 0.5) is 5.69 Å². The van der Waals surface area contributed by atoms with Crippen molar-refractivity contribution in [2.45, 2.75) is 13.5 Å². The molecule has 0 aliphatic carbocycles. The monoisotopic (exact) mass is 291 g/mol. The van der Waals surface area contributed by atoms with Gasteiger partial charge in [0, 0.05) is 37.9 Å². The molecule has 1 N–H and O–H groups in total. The number of ether oxygens (including phenoxy) is 1. The summed E-state index contributed by atoms with van der Waals surface area (Å²) in [6.45, 7) is 3.75. The van der Waals surface area contributed by atoms with Crippen molar-refractivity contribution in [3.8, 4) is 11.5 Å². The van der Waals surface area contributed by atoms with Gasteiger partial charge in [-0.1, -0.05) is 6.07 Å². The Morgan fingerprint density at radius 2 is 2.29 bits per heavy atom. The summed E-state index contributed by atoms with van der Waals surface area (Å²) < 4.78 is 10.4. The molecule has 0 amide bonds. The summed E-state index contributed by atoms with van der Waals surface area (Å²) in [5.41, 5.74) is 2.27. The Hall–Kier alpha value is -2.25. The van der Waals surface area contributed by atoms with Crippen molar-refractivity contribution in [2.75, 3.05) is 20.3 Å². The average Bonchev–Trinajstić information content (AvgIpc) is 2.92. The highest BCUT2D eigenvalue weighted by molar-refractivity contribution is 5.62. The number of non-ortho nitro benzene ring substituents is 1. The van der Waals surface area contributed by atoms with Crippen LogP contribution in [0, 0.1) is 17.0 Å². The van der Waals surface area contributed by atoms with Crippen LogP contribution in [0.3, 0.4) is 0 Å². The molecule has 0 spiro atoms. The summed E-state index contributed by atoms with van der Waals surface area (Å²) >= 11 is 0. The minimum Gasteiger partial charge on any atom is -0.444 e. The van der Waals surface area contributed by atoms with Crippen molar-refractivity contribution in [1.29, 1.82) is 0 Å². The van der Waals surface area contributed by atoms with Crippen LogP contribution in [0.15, 0.2) is 28.9 Å². The van der Waals surface area contributed by atoms with E-state index in [9.17, 15) is 10.1 Å². The van der Waals surface area contributed by atoms with Crippen LogP contribution >= 0.6 is 0 Å². The first-order valence-corrected chi connectivity index (χ1v) is 6.51. The molecule has 1 aromatic carbocycles. The van der Waals surface area contributed by atoms with Gasteiger partial charge in [-0.05, 0) is 12.5 Å². The van der Waals surface area contributed by atoms with Gasteiger partial charge < -0.3 is 14.5 Å². The van der Waals surface area contributed by atoms with Gasteiger partial charge in [-0.25, -0.2) is 4.98 Å². The molecule has 0 bridgehead atoms. The van der Waals surface area contributed by atoms with Gasteiger partial charge in [0.2, 0.25) is 5.89 Å². The number of aryl methyl sites for hydroxylation is 1. The lowest BCUT2D eigenvalue weighted by Gasteiger charge is -2.01. The second-order valence-electron chi connectivity index (χ2n) is 4.57. The Bertz CT molecular complexity index is 624. The second-order valence-corrected chi connectivity index (χ2v) is 4.57. The number of hydrogen-bond donors (Lipinski definition) is 1. The van der Waals surface area contributed by atoms with E-state index >= 15 is 0 Å². The summed E-state index contributed by atoms with van der Waals surface area (Å²) in [7, 11) is 1.64. The number of nitro groups is 1. The fourth-order valence-electron chi connectivity index (χ4n) is 1.86. The normalized spacial score (nSPS) is 10.8. The van der Waals surface area contributed by atoms with Gasteiger partial charge >= 0.3 is 0 Å². The van der Waals surface area contributed by atoms with Crippen molar-refractivity contribution >= 4 is 5.69 Å². The molecule has 0 unspecified atom stereocenters. The maximum atomic E-state index is 10.8. The number of rotatable bonds is 7. The van der Waals surface area contributed by atoms with Crippen molar-refractivity contribution < 1.29 is 14.1 Å². The first-order valence-electron chi connectivity index (χ1n) is 6.51. The van der Waals surface area contributed by atoms with Crippen LogP contribution in [0.25, 0.3) is 11.5 Å². The number of benzene rings is 1. The molecular weight excluding hydrogens is 274 g/mol. The van der Waals surface area contributed by atoms with E-state index in [-0.39, 0.29) is 5.69 Å². The fraction of sp³-hybridized carbons (Fsp3) is 0.357. The molecule has 1 heterocycles. The van der Waals surface area contributed by atoms with Gasteiger partial charge in [-0.15, -0.1) is 0 Å². The Balaban J connectivity index is 2.13. The highest BCUT2D eigenvalue weighted by Gasteiger charge is 2.14. The van der Waals surface area contributed by atoms with Crippen molar-refractivity contribution in [1.82, 2.24) is 10.3 Å². The molecule has 2 aromatic rings. The first kappa shape index (κ1) is 15.1. The van der Waals surface area contributed by atoms with Crippen LogP contribution in [-0.2, 0) is 11.3 Å². The summed E-state index contributed by atoms with van der Waals surface area (Å²) in [5.74, 6) is 0.389. The second kappa shape index (κ2) is 6.96. The van der Waals surface area contributed by atoms with Crippen LogP contribution in [-0.4, -0.2) is 30.2 Å². The molecule has 112 valence electrons. The van der Waals surface area contributed by atoms with Crippen LogP contribution in [0.5, 0.6) is 0 Å². The molecule has 2 rings (SSSR count). The maximum Gasteiger partial charge on any atom is 0.270 e. The van der Waals surface area contributed by atoms with Gasteiger partial charge in [0.1, 0.15) is 6.26 Å². The molecule has 0 aliphatic heterocycles. The minimum atomic E-state index is -0.431. The standard InChI is InChI=1S/C14H17N3O4/c1-10-3-4-12(17(18)19)7-13(10)14-16-11(9-21-14)8-15-5-6-20-2/h3-4,7,9,15H,5-6,8H2,1-2H3. The molecule has 0 atom stereocenters. The number of hydrogen-bond acceptors (Lipinski definition) is 6. The van der Waals surface area contributed by atoms with Crippen LogP contribution in [0.1, 0.15) is 11.3 Å². The van der Waals surface area contributed by atoms with Gasteiger partial charge in [-0.2, -0.15) is 0 Å². The Kier molecular flexibility index (Phi) is 5.02. The predicted octanol–water partition coefficient (Wildman–Crippen LogP) is 2.29. The molecule has 7 nitrogen and oxygen atoms in total. The molecule has 0 saturated carbocycles. The molecule has 1 aromatic heterocycles. The molecular formula is C14H17N3O4. The number of nitro benzene ring substituents is 1. The Morgan fingerprint density at radius 1 is 1.48 bits per heavy atom. The van der Waals surface area contributed by atoms with Crippen molar-refractivity contribution in [3.05, 3.63) is 45.8 Å². The molecule has 0 radical (unpaired) electrons. The van der Waals surface area contributed by atoms with E-state index in [1.54, 1.807) is 19.4 Å². The summed E-state index contributed by atoms with van der Waals surface area (Å²) in [6, 6.07) is 4.63. The Morgan fingerprint density at radius 3 is 3.00 bits per heavy atom. The molecule has 0 aliphatic rings. The summed E-state index contributed by atoms with van der Waals surface area (Å²) in [4.78, 5) is 14.8. The minimum absolute atomic E-state index is 0.0218. The highest BCUT2D eigenvalue weighted by atomic mass is 16.6. The average molecular weight is 291 g/mol. The third kappa shape index (κ3) is 3.87. The number of methoxy groups -OCH3 is 1. The lowest BCUT2D eigenvalue weighted by Crippen LogP contribution is -2.18. The third-order valence-electron chi connectivity index (χ3n) is 3.00. The summed E-state index contributed by atoms with van der Waals surface area (Å²) in [6.07, 6.45) is 1.55. The van der Waals surface area contributed by atoms with E-state index in [4.69, 9.17) is 9.15 Å². The zero-order valence-corrected chi connectivity index (χ0v) is 12.0. The maximum absolute atomic E-state index is 10.8. The quantitative estimate of drug-likeness (QED) is 0.478. The van der Waals surface area contributed by atoms with Gasteiger partial charge in [0.05, 0.1) is 17.2 Å². The first-order chi connectivity index (χ1) is 10.1. The fourth-order valence-corrected chi connectivity index (χ4v) is 1.86. The lowest BCUT2D eigenvalue weighted by molar-refractivity contribution is -0.384. The van der Waals surface area contributed by atoms with Crippen molar-refractivity contribution in [2.24, 2.45) is 0 Å². The van der Waals surface area contributed by atoms with Gasteiger partial charge in [0.15, 0.2) is 0 Å². The van der Waals surface area contributed by atoms with Gasteiger partial charge in [0.25, 0.3) is 5.69 Å². The van der Waals surface area contributed by atoms with E-state index in [1.165, 1.54) is 12.1 Å².